The zero-order valence-corrected chi connectivity index (χ0v) is 26.8. The summed E-state index contributed by atoms with van der Waals surface area (Å²) in [5.74, 6) is -1.52. The lowest BCUT2D eigenvalue weighted by Crippen LogP contribution is -2.25. The van der Waals surface area contributed by atoms with Crippen molar-refractivity contribution in [2.75, 3.05) is 14.2 Å². The minimum Gasteiger partial charge on any atom is -0.494 e. The maximum absolute atomic E-state index is 14.4. The first-order valence-corrected chi connectivity index (χ1v) is 16.4. The number of hydrogen-bond donors (Lipinski definition) is 3. The first kappa shape index (κ1) is 36.9. The summed E-state index contributed by atoms with van der Waals surface area (Å²) in [5.41, 5.74) is 2.22. The number of ether oxygens (including phenoxy) is 2. The molecular weight excluding hydrogens is 668 g/mol. The van der Waals surface area contributed by atoms with Crippen molar-refractivity contribution in [2.45, 2.75) is 37.7 Å². The van der Waals surface area contributed by atoms with Crippen molar-refractivity contribution in [3.05, 3.63) is 111 Å². The number of nitrogens with one attached hydrogen (secondary N) is 1. The van der Waals surface area contributed by atoms with E-state index in [1.807, 2.05) is 24.3 Å². The smallest absolute Gasteiger partial charge is 0.284 e. The van der Waals surface area contributed by atoms with Crippen molar-refractivity contribution in [1.29, 1.82) is 0 Å². The highest BCUT2D eigenvalue weighted by atomic mass is 32.3. The van der Waals surface area contributed by atoms with Gasteiger partial charge in [-0.1, -0.05) is 24.3 Å². The van der Waals surface area contributed by atoms with Crippen LogP contribution in [-0.4, -0.2) is 70.0 Å². The molecule has 1 aromatic carbocycles. The summed E-state index contributed by atoms with van der Waals surface area (Å²) in [6.07, 6.45) is 4.17. The Balaban J connectivity index is 0.000000520. The largest absolute Gasteiger partial charge is 0.494 e. The van der Waals surface area contributed by atoms with Gasteiger partial charge in [0, 0.05) is 37.8 Å². The molecule has 3 aromatic heterocycles. The molecule has 15 nitrogen and oxygen atoms in total. The highest BCUT2D eigenvalue weighted by Crippen LogP contribution is 2.18. The molecule has 0 aliphatic rings. The van der Waals surface area contributed by atoms with E-state index in [-0.39, 0.29) is 36.7 Å². The molecule has 0 bridgehead atoms. The standard InChI is InChI=1S/C26H25F2N5O4.C2H6O6S2/c1-36-16-22-20(26(35)30-11-21-25(28)23(37-2)9-10-29-21)15-33(31-22)13-18-5-3-17(4-6-18)12-32-14-19(27)7-8-24(32)34;1-2(9(3,4)5)10(6,7)8/h3-10,14-15H,11-13,16H2,1-2H3,(H,30,35);2H,1H3,(H,3,4,5)(H,6,7,8). The molecular formula is C28H31F2N5O10S2. The number of benzene rings is 1. The van der Waals surface area contributed by atoms with E-state index in [0.29, 0.717) is 24.7 Å². The number of hydrogen-bond acceptors (Lipinski definition) is 10. The fraction of sp³-hybridized carbons (Fsp3) is 0.286. The van der Waals surface area contributed by atoms with Gasteiger partial charge < -0.3 is 19.4 Å². The van der Waals surface area contributed by atoms with Crippen molar-refractivity contribution < 1.29 is 49.0 Å². The highest BCUT2D eigenvalue weighted by molar-refractivity contribution is 8.03. The number of carbonyl (C=O) groups is 1. The van der Waals surface area contributed by atoms with Crippen LogP contribution in [0, 0.1) is 11.6 Å². The quantitative estimate of drug-likeness (QED) is 0.182. The molecule has 0 saturated heterocycles. The molecule has 0 fully saturated rings. The third kappa shape index (κ3) is 10.5. The molecule has 3 N–H and O–H groups in total. The molecule has 254 valence electrons. The zero-order valence-electron chi connectivity index (χ0n) is 25.2. The predicted molar refractivity (Wildman–Crippen MR) is 163 cm³/mol. The molecule has 4 aromatic rings. The fourth-order valence-electron chi connectivity index (χ4n) is 3.90. The molecule has 47 heavy (non-hydrogen) atoms. The lowest BCUT2D eigenvalue weighted by atomic mass is 10.1. The van der Waals surface area contributed by atoms with Crippen LogP contribution in [0.1, 0.15) is 39.8 Å². The van der Waals surface area contributed by atoms with Gasteiger partial charge in [-0.2, -0.15) is 21.9 Å². The van der Waals surface area contributed by atoms with Crippen LogP contribution in [-0.2, 0) is 51.2 Å². The molecule has 19 heteroatoms. The second-order valence-electron chi connectivity index (χ2n) is 9.80. The molecule has 0 atom stereocenters. The van der Waals surface area contributed by atoms with Crippen molar-refractivity contribution in [1.82, 2.24) is 24.6 Å². The van der Waals surface area contributed by atoms with Crippen molar-refractivity contribution >= 4 is 26.1 Å². The SMILES string of the molecule is CC(S(=O)(=O)O)S(=O)(=O)O.COCc1nn(Cc2ccc(Cn3cc(F)ccc3=O)cc2)cc1C(=O)NCc1nccc(OC)c1F. The Labute approximate surface area is 268 Å². The van der Waals surface area contributed by atoms with Gasteiger partial charge in [0.2, 0.25) is 4.58 Å². The summed E-state index contributed by atoms with van der Waals surface area (Å²) in [5, 5.41) is 7.12. The van der Waals surface area contributed by atoms with Crippen LogP contribution in [0.15, 0.2) is 65.8 Å². The number of halogens is 2. The normalized spacial score (nSPS) is 11.6. The summed E-state index contributed by atoms with van der Waals surface area (Å²) in [7, 11) is -6.55. The van der Waals surface area contributed by atoms with E-state index in [9.17, 15) is 35.2 Å². The van der Waals surface area contributed by atoms with Crippen LogP contribution in [0.2, 0.25) is 0 Å². The number of methoxy groups -OCH3 is 2. The second kappa shape index (κ2) is 15.8. The summed E-state index contributed by atoms with van der Waals surface area (Å²) in [4.78, 5) is 28.7. The van der Waals surface area contributed by atoms with Gasteiger partial charge in [-0.3, -0.25) is 28.4 Å². The highest BCUT2D eigenvalue weighted by Gasteiger charge is 2.29. The Hall–Kier alpha value is -4.56. The Morgan fingerprint density at radius 3 is 2.11 bits per heavy atom. The second-order valence-corrected chi connectivity index (χ2v) is 13.6. The Kier molecular flexibility index (Phi) is 12.4. The first-order chi connectivity index (χ1) is 22.0. The summed E-state index contributed by atoms with van der Waals surface area (Å²) in [6.45, 7) is 1.25. The van der Waals surface area contributed by atoms with E-state index in [1.165, 1.54) is 43.3 Å². The van der Waals surface area contributed by atoms with Crippen molar-refractivity contribution in [3.8, 4) is 5.75 Å². The van der Waals surface area contributed by atoms with Gasteiger partial charge >= 0.3 is 0 Å². The van der Waals surface area contributed by atoms with E-state index in [1.54, 1.807) is 10.9 Å². The average Bonchev–Trinajstić information content (AvgIpc) is 3.40. The Morgan fingerprint density at radius 2 is 1.55 bits per heavy atom. The summed E-state index contributed by atoms with van der Waals surface area (Å²) in [6, 6.07) is 11.1. The number of carbonyl (C=O) groups excluding carboxylic acids is 1. The molecule has 0 spiro atoms. The van der Waals surface area contributed by atoms with Gasteiger partial charge in [-0.15, -0.1) is 0 Å². The Morgan fingerprint density at radius 1 is 0.936 bits per heavy atom. The molecule has 0 radical (unpaired) electrons. The predicted octanol–water partition coefficient (Wildman–Crippen LogP) is 2.01. The van der Waals surface area contributed by atoms with Gasteiger partial charge in [-0.05, 0) is 24.1 Å². The van der Waals surface area contributed by atoms with Crippen LogP contribution in [0.25, 0.3) is 0 Å². The fourth-order valence-corrected chi connectivity index (χ4v) is 5.13. The monoisotopic (exact) mass is 699 g/mol. The van der Waals surface area contributed by atoms with Crippen LogP contribution in [0.4, 0.5) is 8.78 Å². The van der Waals surface area contributed by atoms with Crippen molar-refractivity contribution in [2.24, 2.45) is 0 Å². The topological polar surface area (TPSA) is 209 Å². The Bertz CT molecular complexity index is 1950. The number of nitrogens with zero attached hydrogens (tertiary/aromatic N) is 4. The molecule has 0 saturated carbocycles. The maximum Gasteiger partial charge on any atom is 0.284 e. The third-order valence-corrected chi connectivity index (χ3v) is 9.57. The lowest BCUT2D eigenvalue weighted by Gasteiger charge is -2.08. The van der Waals surface area contributed by atoms with E-state index >= 15 is 0 Å². The van der Waals surface area contributed by atoms with E-state index in [4.69, 9.17) is 18.6 Å². The number of pyridine rings is 2. The van der Waals surface area contributed by atoms with Crippen LogP contribution < -0.4 is 15.6 Å². The van der Waals surface area contributed by atoms with Gasteiger partial charge in [-0.25, -0.2) is 8.78 Å². The zero-order chi connectivity index (χ0) is 34.9. The van der Waals surface area contributed by atoms with E-state index in [0.717, 1.165) is 17.2 Å². The summed E-state index contributed by atoms with van der Waals surface area (Å²) < 4.78 is 94.8. The molecule has 0 unspecified atom stereocenters. The molecule has 0 aliphatic carbocycles. The van der Waals surface area contributed by atoms with Crippen molar-refractivity contribution in [3.63, 3.8) is 0 Å². The number of rotatable bonds is 12. The summed E-state index contributed by atoms with van der Waals surface area (Å²) >= 11 is 0. The molecule has 3 heterocycles. The van der Waals surface area contributed by atoms with Gasteiger partial charge in [0.1, 0.15) is 11.5 Å². The number of amides is 1. The molecule has 1 amide bonds. The van der Waals surface area contributed by atoms with Gasteiger partial charge in [0.15, 0.2) is 11.6 Å². The average molecular weight is 700 g/mol. The maximum atomic E-state index is 14.4. The van der Waals surface area contributed by atoms with Crippen LogP contribution in [0.5, 0.6) is 5.75 Å². The molecule has 4 rings (SSSR count). The van der Waals surface area contributed by atoms with E-state index in [2.05, 4.69) is 15.4 Å². The van der Waals surface area contributed by atoms with E-state index < -0.39 is 42.4 Å². The first-order valence-electron chi connectivity index (χ1n) is 13.4. The third-order valence-electron chi connectivity index (χ3n) is 6.43. The van der Waals surface area contributed by atoms with Crippen LogP contribution >= 0.6 is 0 Å². The number of aromatic nitrogens is 4. The molecule has 0 aliphatic heterocycles. The van der Waals surface area contributed by atoms with Gasteiger partial charge in [0.25, 0.3) is 31.7 Å². The van der Waals surface area contributed by atoms with Gasteiger partial charge in [0.05, 0.1) is 44.6 Å². The minimum atomic E-state index is -4.70. The lowest BCUT2D eigenvalue weighted by molar-refractivity contribution is 0.0944. The minimum absolute atomic E-state index is 0.0427. The van der Waals surface area contributed by atoms with Crippen LogP contribution in [0.3, 0.4) is 0 Å².